The summed E-state index contributed by atoms with van der Waals surface area (Å²) in [5.41, 5.74) is 3.13. The van der Waals surface area contributed by atoms with Crippen molar-refractivity contribution in [2.75, 3.05) is 30.9 Å². The molecular weight excluding hydrogens is 458 g/mol. The molecule has 0 fully saturated rings. The normalized spacial score (nSPS) is 10.3. The van der Waals surface area contributed by atoms with Crippen molar-refractivity contribution >= 4 is 39.1 Å². The number of para-hydroxylation sites is 1. The van der Waals surface area contributed by atoms with Crippen LogP contribution in [-0.2, 0) is 11.3 Å². The quantitative estimate of drug-likeness (QED) is 0.498. The Bertz CT molecular complexity index is 1030. The van der Waals surface area contributed by atoms with Gasteiger partial charge in [-0.05, 0) is 54.1 Å². The molecule has 0 aliphatic carbocycles. The Hall–Kier alpha value is -3.32. The number of carbonyl (C=O) groups is 2. The Morgan fingerprint density at radius 3 is 2.29 bits per heavy atom. The summed E-state index contributed by atoms with van der Waals surface area (Å²) in [6, 6.07) is 22.1. The van der Waals surface area contributed by atoms with Gasteiger partial charge in [0.05, 0.1) is 5.56 Å². The number of benzene rings is 3. The molecule has 0 bridgehead atoms. The molecule has 2 amide bonds. The predicted molar refractivity (Wildman–Crippen MR) is 127 cm³/mol. The Labute approximate surface area is 190 Å². The van der Waals surface area contributed by atoms with Gasteiger partial charge in [-0.1, -0.05) is 40.2 Å². The number of hydrogen-bond acceptors (Lipinski definition) is 4. The number of carbonyl (C=O) groups excluding carboxylic acids is 2. The zero-order chi connectivity index (χ0) is 22.2. The first-order chi connectivity index (χ1) is 14.9. The van der Waals surface area contributed by atoms with Crippen molar-refractivity contribution in [3.8, 4) is 5.75 Å². The molecule has 0 aromatic heterocycles. The summed E-state index contributed by atoms with van der Waals surface area (Å²) in [5.74, 6) is -0.215. The van der Waals surface area contributed by atoms with E-state index in [9.17, 15) is 9.59 Å². The average Bonchev–Trinajstić information content (AvgIpc) is 2.78. The first-order valence-corrected chi connectivity index (χ1v) is 10.5. The number of nitrogens with one attached hydrogen (secondary N) is 2. The van der Waals surface area contributed by atoms with E-state index < -0.39 is 0 Å². The topological polar surface area (TPSA) is 70.7 Å². The van der Waals surface area contributed by atoms with Gasteiger partial charge in [-0.2, -0.15) is 0 Å². The van der Waals surface area contributed by atoms with Gasteiger partial charge in [0, 0.05) is 36.5 Å². The van der Waals surface area contributed by atoms with Gasteiger partial charge in [-0.3, -0.25) is 9.59 Å². The first-order valence-electron chi connectivity index (χ1n) is 9.74. The van der Waals surface area contributed by atoms with Crippen molar-refractivity contribution in [3.63, 3.8) is 0 Å². The zero-order valence-corrected chi connectivity index (χ0v) is 19.0. The molecule has 3 aromatic carbocycles. The number of rotatable bonds is 8. The highest BCUT2D eigenvalue weighted by Gasteiger charge is 2.13. The van der Waals surface area contributed by atoms with Crippen molar-refractivity contribution in [3.05, 3.63) is 88.4 Å². The van der Waals surface area contributed by atoms with Crippen LogP contribution in [0.5, 0.6) is 5.75 Å². The molecule has 7 heteroatoms. The van der Waals surface area contributed by atoms with E-state index in [1.165, 1.54) is 0 Å². The van der Waals surface area contributed by atoms with E-state index in [0.717, 1.165) is 15.7 Å². The lowest BCUT2D eigenvalue weighted by molar-refractivity contribution is -0.118. The number of ether oxygens (including phenoxy) is 1. The van der Waals surface area contributed by atoms with Crippen LogP contribution >= 0.6 is 15.9 Å². The number of anilines is 2. The highest BCUT2D eigenvalue weighted by molar-refractivity contribution is 9.10. The van der Waals surface area contributed by atoms with E-state index in [0.29, 0.717) is 23.5 Å². The van der Waals surface area contributed by atoms with Gasteiger partial charge in [0.15, 0.2) is 6.61 Å². The molecule has 0 aliphatic heterocycles. The molecule has 31 heavy (non-hydrogen) atoms. The minimum Gasteiger partial charge on any atom is -0.483 e. The monoisotopic (exact) mass is 481 g/mol. The van der Waals surface area contributed by atoms with Crippen molar-refractivity contribution in [1.29, 1.82) is 0 Å². The molecule has 0 radical (unpaired) electrons. The summed E-state index contributed by atoms with van der Waals surface area (Å²) < 4.78 is 6.55. The Morgan fingerprint density at radius 2 is 1.61 bits per heavy atom. The van der Waals surface area contributed by atoms with Crippen LogP contribution in [0.25, 0.3) is 0 Å². The summed E-state index contributed by atoms with van der Waals surface area (Å²) in [7, 11) is 3.96. The molecule has 2 N–H and O–H groups in total. The summed E-state index contributed by atoms with van der Waals surface area (Å²) in [6.45, 7) is 0.192. The van der Waals surface area contributed by atoms with Gasteiger partial charge in [-0.25, -0.2) is 0 Å². The van der Waals surface area contributed by atoms with Crippen LogP contribution in [0, 0.1) is 0 Å². The van der Waals surface area contributed by atoms with E-state index in [1.807, 2.05) is 55.4 Å². The minimum atomic E-state index is -0.307. The third-order valence-electron chi connectivity index (χ3n) is 4.52. The molecule has 160 valence electrons. The smallest absolute Gasteiger partial charge is 0.262 e. The van der Waals surface area contributed by atoms with E-state index in [2.05, 4.69) is 26.6 Å². The average molecular weight is 482 g/mol. The van der Waals surface area contributed by atoms with Crippen molar-refractivity contribution < 1.29 is 14.3 Å². The van der Waals surface area contributed by atoms with Gasteiger partial charge >= 0.3 is 0 Å². The van der Waals surface area contributed by atoms with E-state index in [1.54, 1.807) is 36.4 Å². The van der Waals surface area contributed by atoms with Crippen LogP contribution in [0.2, 0.25) is 0 Å². The molecular formula is C24H24BrN3O3. The number of hydrogen-bond donors (Lipinski definition) is 2. The van der Waals surface area contributed by atoms with Crippen molar-refractivity contribution in [2.45, 2.75) is 6.54 Å². The second-order valence-corrected chi connectivity index (χ2v) is 8.00. The van der Waals surface area contributed by atoms with Crippen molar-refractivity contribution in [2.24, 2.45) is 0 Å². The van der Waals surface area contributed by atoms with E-state index in [-0.39, 0.29) is 18.4 Å². The number of nitrogens with zero attached hydrogens (tertiary/aromatic N) is 1. The molecule has 0 heterocycles. The third kappa shape index (κ3) is 6.58. The summed E-state index contributed by atoms with van der Waals surface area (Å²) in [6.07, 6.45) is 0. The van der Waals surface area contributed by atoms with Crippen LogP contribution in [0.15, 0.2) is 77.3 Å². The summed E-state index contributed by atoms with van der Waals surface area (Å²) >= 11 is 3.35. The molecule has 3 aromatic rings. The fraction of sp³-hybridized carbons (Fsp3) is 0.167. The van der Waals surface area contributed by atoms with Gasteiger partial charge in [0.2, 0.25) is 0 Å². The van der Waals surface area contributed by atoms with Gasteiger partial charge in [0.25, 0.3) is 11.8 Å². The Morgan fingerprint density at radius 1 is 0.935 bits per heavy atom. The molecule has 0 aliphatic rings. The van der Waals surface area contributed by atoms with Gasteiger partial charge in [0.1, 0.15) is 5.75 Å². The highest BCUT2D eigenvalue weighted by Crippen LogP contribution is 2.19. The second-order valence-electron chi connectivity index (χ2n) is 7.08. The summed E-state index contributed by atoms with van der Waals surface area (Å²) in [4.78, 5) is 26.9. The van der Waals surface area contributed by atoms with Crippen LogP contribution in [0.3, 0.4) is 0 Å². The van der Waals surface area contributed by atoms with Crippen LogP contribution < -0.4 is 20.3 Å². The number of amides is 2. The lowest BCUT2D eigenvalue weighted by Gasteiger charge is -2.14. The highest BCUT2D eigenvalue weighted by atomic mass is 79.9. The van der Waals surface area contributed by atoms with Crippen molar-refractivity contribution in [1.82, 2.24) is 5.32 Å². The predicted octanol–water partition coefficient (Wildman–Crippen LogP) is 4.46. The van der Waals surface area contributed by atoms with E-state index in [4.69, 9.17) is 4.74 Å². The maximum atomic E-state index is 12.7. The largest absolute Gasteiger partial charge is 0.483 e. The molecule has 0 saturated carbocycles. The number of halogens is 1. The maximum Gasteiger partial charge on any atom is 0.262 e. The van der Waals surface area contributed by atoms with Gasteiger partial charge < -0.3 is 20.3 Å². The molecule has 0 spiro atoms. The van der Waals surface area contributed by atoms with Crippen LogP contribution in [-0.4, -0.2) is 32.5 Å². The molecule has 0 atom stereocenters. The molecule has 0 saturated heterocycles. The molecule has 6 nitrogen and oxygen atoms in total. The standard InChI is InChI=1S/C24H24BrN3O3/c1-28(2)20-13-7-17(8-14-20)15-26-24(30)21-5-3-4-6-22(21)31-16-23(29)27-19-11-9-18(25)10-12-19/h3-14H,15-16H2,1-2H3,(H,26,30)(H,27,29). The Balaban J connectivity index is 1.56. The van der Waals surface area contributed by atoms with Crippen LogP contribution in [0.1, 0.15) is 15.9 Å². The van der Waals surface area contributed by atoms with Crippen LogP contribution in [0.4, 0.5) is 11.4 Å². The lowest BCUT2D eigenvalue weighted by Crippen LogP contribution is -2.25. The fourth-order valence-electron chi connectivity index (χ4n) is 2.84. The third-order valence-corrected chi connectivity index (χ3v) is 5.05. The van der Waals surface area contributed by atoms with Gasteiger partial charge in [-0.15, -0.1) is 0 Å². The Kier molecular flexibility index (Phi) is 7.67. The lowest BCUT2D eigenvalue weighted by atomic mass is 10.1. The zero-order valence-electron chi connectivity index (χ0n) is 17.4. The minimum absolute atomic E-state index is 0.202. The van der Waals surface area contributed by atoms with E-state index >= 15 is 0 Å². The molecule has 3 rings (SSSR count). The second kappa shape index (κ2) is 10.6. The SMILES string of the molecule is CN(C)c1ccc(CNC(=O)c2ccccc2OCC(=O)Nc2ccc(Br)cc2)cc1. The first kappa shape index (κ1) is 22.4. The molecule has 0 unspecified atom stereocenters. The maximum absolute atomic E-state index is 12.7. The fourth-order valence-corrected chi connectivity index (χ4v) is 3.11. The summed E-state index contributed by atoms with van der Waals surface area (Å²) in [5, 5.41) is 5.66.